The number of hydrogen-bond donors (Lipinski definition) is 0. The van der Waals surface area contributed by atoms with Crippen LogP contribution in [0.3, 0.4) is 0 Å². The fourth-order valence-corrected chi connectivity index (χ4v) is 2.69. The summed E-state index contributed by atoms with van der Waals surface area (Å²) in [6.45, 7) is 0. The van der Waals surface area contributed by atoms with Crippen molar-refractivity contribution in [2.75, 3.05) is 0 Å². The molecule has 1 aromatic carbocycles. The van der Waals surface area contributed by atoms with Crippen molar-refractivity contribution in [2.24, 2.45) is 5.92 Å². The zero-order chi connectivity index (χ0) is 10.8. The first-order valence-electron chi connectivity index (χ1n) is 5.25. The third-order valence-electron chi connectivity index (χ3n) is 2.87. The van der Waals surface area contributed by atoms with E-state index in [-0.39, 0.29) is 5.38 Å². The van der Waals surface area contributed by atoms with E-state index in [0.717, 1.165) is 34.4 Å². The maximum absolute atomic E-state index is 6.25. The van der Waals surface area contributed by atoms with E-state index in [1.807, 2.05) is 18.2 Å². The Balaban J connectivity index is 1.97. The zero-order valence-corrected chi connectivity index (χ0v) is 10.6. The quantitative estimate of drug-likeness (QED) is 0.675. The molecule has 0 amide bonds. The van der Waals surface area contributed by atoms with Gasteiger partial charge in [0.25, 0.3) is 0 Å². The van der Waals surface area contributed by atoms with Crippen LogP contribution < -0.4 is 0 Å². The summed E-state index contributed by atoms with van der Waals surface area (Å²) >= 11 is 18.4. The number of hydrogen-bond acceptors (Lipinski definition) is 0. The summed E-state index contributed by atoms with van der Waals surface area (Å²) in [6, 6.07) is 5.62. The second-order valence-corrected chi connectivity index (χ2v) is 5.47. The first-order valence-corrected chi connectivity index (χ1v) is 6.44. The van der Waals surface area contributed by atoms with Crippen LogP contribution in [0.25, 0.3) is 0 Å². The van der Waals surface area contributed by atoms with Crippen LogP contribution in [0.1, 0.15) is 24.8 Å². The largest absolute Gasteiger partial charge is 0.123 e. The molecule has 0 N–H and O–H groups in total. The van der Waals surface area contributed by atoms with Crippen LogP contribution >= 0.6 is 34.8 Å². The van der Waals surface area contributed by atoms with Crippen molar-refractivity contribution in [1.29, 1.82) is 0 Å². The Hall–Kier alpha value is 0.0900. The van der Waals surface area contributed by atoms with Crippen molar-refractivity contribution < 1.29 is 0 Å². The minimum Gasteiger partial charge on any atom is -0.123 e. The fourth-order valence-electron chi connectivity index (χ4n) is 1.75. The molecule has 1 saturated carbocycles. The second kappa shape index (κ2) is 4.95. The Morgan fingerprint density at radius 1 is 1.20 bits per heavy atom. The molecule has 0 heterocycles. The van der Waals surface area contributed by atoms with Crippen molar-refractivity contribution in [3.8, 4) is 0 Å². The molecule has 2 rings (SSSR count). The van der Waals surface area contributed by atoms with Gasteiger partial charge >= 0.3 is 0 Å². The molecule has 1 fully saturated rings. The third-order valence-corrected chi connectivity index (χ3v) is 4.15. The maximum Gasteiger partial charge on any atom is 0.0452 e. The van der Waals surface area contributed by atoms with Gasteiger partial charge in [-0.05, 0) is 49.3 Å². The van der Waals surface area contributed by atoms with Gasteiger partial charge in [-0.25, -0.2) is 0 Å². The van der Waals surface area contributed by atoms with Gasteiger partial charge in [0.05, 0.1) is 0 Å². The van der Waals surface area contributed by atoms with Crippen LogP contribution in [-0.2, 0) is 6.42 Å². The number of halogens is 3. The van der Waals surface area contributed by atoms with Gasteiger partial charge in [-0.2, -0.15) is 0 Å². The molecule has 0 nitrogen and oxygen atoms in total. The van der Waals surface area contributed by atoms with E-state index in [2.05, 4.69) is 0 Å². The maximum atomic E-state index is 6.25. The van der Waals surface area contributed by atoms with Crippen molar-refractivity contribution in [3.05, 3.63) is 33.8 Å². The summed E-state index contributed by atoms with van der Waals surface area (Å²) in [5.74, 6) is 0.730. The van der Waals surface area contributed by atoms with Gasteiger partial charge in [-0.15, -0.1) is 11.6 Å². The molecule has 15 heavy (non-hydrogen) atoms. The van der Waals surface area contributed by atoms with Crippen molar-refractivity contribution in [1.82, 2.24) is 0 Å². The molecule has 1 aromatic rings. The summed E-state index contributed by atoms with van der Waals surface area (Å²) in [6.07, 6.45) is 4.41. The average Bonchev–Trinajstić information content (AvgIpc) is 2.99. The van der Waals surface area contributed by atoms with Gasteiger partial charge < -0.3 is 0 Å². The molecule has 1 unspecified atom stereocenters. The normalized spacial score (nSPS) is 17.8. The topological polar surface area (TPSA) is 0 Å². The molecule has 0 saturated heterocycles. The molecule has 0 bridgehead atoms. The van der Waals surface area contributed by atoms with Crippen molar-refractivity contribution >= 4 is 34.8 Å². The van der Waals surface area contributed by atoms with Crippen LogP contribution in [0.4, 0.5) is 0 Å². The van der Waals surface area contributed by atoms with Crippen LogP contribution in [0.2, 0.25) is 10.0 Å². The molecule has 3 heteroatoms. The SMILES string of the molecule is Clc1cccc(Cl)c1CCC(Cl)C1CC1. The number of rotatable bonds is 4. The molecule has 0 aliphatic heterocycles. The Bertz CT molecular complexity index is 324. The average molecular weight is 264 g/mol. The fraction of sp³-hybridized carbons (Fsp3) is 0.500. The first kappa shape index (κ1) is 11.6. The molecule has 0 spiro atoms. The molecule has 82 valence electrons. The second-order valence-electron chi connectivity index (χ2n) is 4.09. The highest BCUT2D eigenvalue weighted by atomic mass is 35.5. The zero-order valence-electron chi connectivity index (χ0n) is 8.35. The van der Waals surface area contributed by atoms with Gasteiger partial charge in [0.15, 0.2) is 0 Å². The van der Waals surface area contributed by atoms with Crippen LogP contribution in [0, 0.1) is 5.92 Å². The molecule has 1 aliphatic rings. The lowest BCUT2D eigenvalue weighted by atomic mass is 10.1. The van der Waals surface area contributed by atoms with E-state index in [0.29, 0.717) is 0 Å². The highest BCUT2D eigenvalue weighted by molar-refractivity contribution is 6.36. The van der Waals surface area contributed by atoms with E-state index in [4.69, 9.17) is 34.8 Å². The van der Waals surface area contributed by atoms with Gasteiger partial charge in [-0.1, -0.05) is 29.3 Å². The Morgan fingerprint density at radius 3 is 2.33 bits per heavy atom. The molecule has 0 radical (unpaired) electrons. The highest BCUT2D eigenvalue weighted by Crippen LogP contribution is 2.38. The molecule has 1 atom stereocenters. The predicted octanol–water partition coefficient (Wildman–Crippen LogP) is 4.94. The molecular weight excluding hydrogens is 250 g/mol. The molecule has 1 aliphatic carbocycles. The predicted molar refractivity (Wildman–Crippen MR) is 67.1 cm³/mol. The summed E-state index contributed by atoms with van der Waals surface area (Å²) in [5, 5.41) is 1.79. The lowest BCUT2D eigenvalue weighted by Gasteiger charge is -2.10. The highest BCUT2D eigenvalue weighted by Gasteiger charge is 2.29. The number of benzene rings is 1. The lowest BCUT2D eigenvalue weighted by molar-refractivity contribution is 0.677. The Labute approximate surface area is 106 Å². The van der Waals surface area contributed by atoms with E-state index in [1.54, 1.807) is 0 Å². The minimum absolute atomic E-state index is 0.289. The van der Waals surface area contributed by atoms with Gasteiger partial charge in [0.1, 0.15) is 0 Å². The summed E-state index contributed by atoms with van der Waals surface area (Å²) in [5.41, 5.74) is 1.03. The van der Waals surface area contributed by atoms with E-state index >= 15 is 0 Å². The van der Waals surface area contributed by atoms with Gasteiger partial charge in [-0.3, -0.25) is 0 Å². The van der Waals surface area contributed by atoms with E-state index < -0.39 is 0 Å². The lowest BCUT2D eigenvalue weighted by Crippen LogP contribution is -2.03. The monoisotopic (exact) mass is 262 g/mol. The number of alkyl halides is 1. The van der Waals surface area contributed by atoms with Crippen molar-refractivity contribution in [3.63, 3.8) is 0 Å². The van der Waals surface area contributed by atoms with Crippen LogP contribution in [0.15, 0.2) is 18.2 Å². The smallest absolute Gasteiger partial charge is 0.0452 e. The summed E-state index contributed by atoms with van der Waals surface area (Å²) < 4.78 is 0. The van der Waals surface area contributed by atoms with E-state index in [1.165, 1.54) is 12.8 Å². The van der Waals surface area contributed by atoms with Gasteiger partial charge in [0, 0.05) is 15.4 Å². The molecular formula is C12H13Cl3. The standard InChI is InChI=1S/C12H13Cl3/c13-10(8-4-5-8)7-6-9-11(14)2-1-3-12(9)15/h1-3,8,10H,4-7H2. The van der Waals surface area contributed by atoms with Crippen LogP contribution in [-0.4, -0.2) is 5.38 Å². The summed E-state index contributed by atoms with van der Waals surface area (Å²) in [7, 11) is 0. The minimum atomic E-state index is 0.289. The van der Waals surface area contributed by atoms with Gasteiger partial charge in [0.2, 0.25) is 0 Å². The summed E-state index contributed by atoms with van der Waals surface area (Å²) in [4.78, 5) is 0. The Morgan fingerprint density at radius 2 is 1.80 bits per heavy atom. The Kier molecular flexibility index (Phi) is 3.82. The van der Waals surface area contributed by atoms with E-state index in [9.17, 15) is 0 Å². The van der Waals surface area contributed by atoms with Crippen LogP contribution in [0.5, 0.6) is 0 Å². The molecule has 0 aromatic heterocycles. The van der Waals surface area contributed by atoms with Crippen molar-refractivity contribution in [2.45, 2.75) is 31.1 Å². The first-order chi connectivity index (χ1) is 7.18. The third kappa shape index (κ3) is 3.03.